The minimum atomic E-state index is -1.61. The number of carbonyl (C=O) groups excluding carboxylic acids is 4. The number of aliphatic hydroxyl groups excluding tert-OH is 1. The summed E-state index contributed by atoms with van der Waals surface area (Å²) >= 11 is 0. The molecule has 1 saturated heterocycles. The molecule has 1 aromatic heterocycles. The van der Waals surface area contributed by atoms with Crippen LogP contribution in [-0.4, -0.2) is 48.1 Å². The van der Waals surface area contributed by atoms with Gasteiger partial charge in [0.2, 0.25) is 0 Å². The van der Waals surface area contributed by atoms with Crippen molar-refractivity contribution in [1.82, 2.24) is 0 Å². The highest BCUT2D eigenvalue weighted by Gasteiger charge is 2.70. The molecule has 1 N–H and O–H groups in total. The van der Waals surface area contributed by atoms with Gasteiger partial charge in [-0.2, -0.15) is 0 Å². The summed E-state index contributed by atoms with van der Waals surface area (Å²) in [5.74, 6) is -3.54. The lowest BCUT2D eigenvalue weighted by Gasteiger charge is -2.64. The van der Waals surface area contributed by atoms with Crippen molar-refractivity contribution in [1.29, 1.82) is 0 Å². The fourth-order valence-corrected chi connectivity index (χ4v) is 8.92. The Morgan fingerprint density at radius 3 is 2.49 bits per heavy atom. The van der Waals surface area contributed by atoms with Crippen molar-refractivity contribution < 1.29 is 42.9 Å². The Bertz CT molecular complexity index is 1270. The number of methoxy groups -OCH3 is 1. The molecule has 0 amide bonds. The Morgan fingerprint density at radius 1 is 1.17 bits per heavy atom. The quantitative estimate of drug-likeness (QED) is 0.293. The van der Waals surface area contributed by atoms with Crippen LogP contribution in [-0.2, 0) is 33.4 Å². The zero-order valence-electron chi connectivity index (χ0n) is 25.0. The van der Waals surface area contributed by atoms with Gasteiger partial charge in [0.15, 0.2) is 6.10 Å². The van der Waals surface area contributed by atoms with Crippen molar-refractivity contribution >= 4 is 23.7 Å². The summed E-state index contributed by atoms with van der Waals surface area (Å²) < 4.78 is 22.3. The maximum absolute atomic E-state index is 14.5. The van der Waals surface area contributed by atoms with Gasteiger partial charge in [-0.3, -0.25) is 14.4 Å². The van der Waals surface area contributed by atoms with E-state index in [9.17, 15) is 24.3 Å². The number of furan rings is 1. The van der Waals surface area contributed by atoms with E-state index < -0.39 is 58.3 Å². The van der Waals surface area contributed by atoms with E-state index in [2.05, 4.69) is 6.92 Å². The second kappa shape index (κ2) is 10.1. The summed E-state index contributed by atoms with van der Waals surface area (Å²) in [6, 6.07) is 1.80. The van der Waals surface area contributed by atoms with Gasteiger partial charge in [-0.05, 0) is 42.7 Å². The van der Waals surface area contributed by atoms with Crippen LogP contribution in [0.25, 0.3) is 0 Å². The first-order valence-corrected chi connectivity index (χ1v) is 14.6. The molecular weight excluding hydrogens is 528 g/mol. The smallest absolute Gasteiger partial charge is 0.335 e. The topological polar surface area (TPSA) is 129 Å². The normalized spacial score (nSPS) is 36.7. The molecule has 2 bridgehead atoms. The fourth-order valence-electron chi connectivity index (χ4n) is 8.92. The molecule has 0 spiro atoms. The highest BCUT2D eigenvalue weighted by Crippen LogP contribution is 2.68. The number of hydrogen-bond acceptors (Lipinski definition) is 9. The van der Waals surface area contributed by atoms with Crippen molar-refractivity contribution in [3.05, 3.63) is 35.3 Å². The average Bonchev–Trinajstić information content (AvgIpc) is 3.42. The molecule has 3 fully saturated rings. The molecule has 2 saturated carbocycles. The molecule has 1 aromatic rings. The molecule has 5 rings (SSSR count). The molecule has 9 nitrogen and oxygen atoms in total. The fraction of sp³-hybridized carbons (Fsp3) is 0.688. The molecular formula is C32H42O9. The van der Waals surface area contributed by atoms with Crippen LogP contribution in [0, 0.1) is 39.9 Å². The summed E-state index contributed by atoms with van der Waals surface area (Å²) in [7, 11) is 1.21. The number of hydrogen-bond donors (Lipinski definition) is 1. The van der Waals surface area contributed by atoms with Gasteiger partial charge in [-0.15, -0.1) is 0 Å². The maximum Gasteiger partial charge on any atom is 0.335 e. The molecule has 1 aliphatic heterocycles. The van der Waals surface area contributed by atoms with E-state index in [1.807, 2.05) is 34.6 Å². The van der Waals surface area contributed by atoms with Crippen molar-refractivity contribution in [2.45, 2.75) is 92.0 Å². The SMILES string of the molecule is COC(=O)[C@H](O)[C@H]1C(C)(C)[C@H](OC(=O)CC(C)C)[C@@H]2CC3=C4CC(=O)O[C@@H](c5ccoc5)[C@]4(C)CC[C@@H]3[C@@]1(C)C2=O. The van der Waals surface area contributed by atoms with Crippen LogP contribution in [0.1, 0.15) is 85.3 Å². The van der Waals surface area contributed by atoms with Crippen LogP contribution in [0.3, 0.4) is 0 Å². The molecule has 0 aromatic carbocycles. The number of ketones is 1. The predicted molar refractivity (Wildman–Crippen MR) is 146 cm³/mol. The number of carbonyl (C=O) groups is 4. The lowest BCUT2D eigenvalue weighted by atomic mass is 9.40. The summed E-state index contributed by atoms with van der Waals surface area (Å²) in [4.78, 5) is 53.4. The third-order valence-electron chi connectivity index (χ3n) is 10.6. The molecule has 0 unspecified atom stereocenters. The van der Waals surface area contributed by atoms with Gasteiger partial charge < -0.3 is 23.7 Å². The van der Waals surface area contributed by atoms with Crippen molar-refractivity contribution in [2.24, 2.45) is 39.9 Å². The monoisotopic (exact) mass is 570 g/mol. The Hall–Kier alpha value is -2.94. The Kier molecular flexibility index (Phi) is 7.28. The van der Waals surface area contributed by atoms with E-state index >= 15 is 0 Å². The first-order chi connectivity index (χ1) is 19.2. The zero-order chi connectivity index (χ0) is 30.1. The number of fused-ring (bicyclic) bond motifs is 5. The van der Waals surface area contributed by atoms with Gasteiger partial charge >= 0.3 is 17.9 Å². The largest absolute Gasteiger partial charge is 0.472 e. The van der Waals surface area contributed by atoms with E-state index in [0.717, 1.165) is 16.7 Å². The number of rotatable bonds is 6. The number of cyclic esters (lactones) is 1. The number of aliphatic hydroxyl groups is 1. The van der Waals surface area contributed by atoms with Crippen molar-refractivity contribution in [3.63, 3.8) is 0 Å². The molecule has 9 heteroatoms. The second-order valence-electron chi connectivity index (χ2n) is 13.8. The molecule has 4 aliphatic rings. The Balaban J connectivity index is 1.69. The minimum absolute atomic E-state index is 0.0550. The van der Waals surface area contributed by atoms with Crippen molar-refractivity contribution in [2.75, 3.05) is 7.11 Å². The molecule has 8 atom stereocenters. The lowest BCUT2D eigenvalue weighted by Crippen LogP contribution is -2.69. The zero-order valence-corrected chi connectivity index (χ0v) is 25.0. The second-order valence-corrected chi connectivity index (χ2v) is 13.8. The van der Waals surface area contributed by atoms with Crippen LogP contribution in [0.15, 0.2) is 34.2 Å². The van der Waals surface area contributed by atoms with Gasteiger partial charge in [-0.1, -0.05) is 47.1 Å². The van der Waals surface area contributed by atoms with E-state index in [4.69, 9.17) is 18.6 Å². The van der Waals surface area contributed by atoms with Crippen LogP contribution in [0.5, 0.6) is 0 Å². The van der Waals surface area contributed by atoms with Crippen molar-refractivity contribution in [3.8, 4) is 0 Å². The molecule has 3 aliphatic carbocycles. The van der Waals surface area contributed by atoms with Crippen LogP contribution >= 0.6 is 0 Å². The first-order valence-electron chi connectivity index (χ1n) is 14.6. The minimum Gasteiger partial charge on any atom is -0.472 e. The molecule has 224 valence electrons. The number of allylic oxidation sites excluding steroid dienone is 1. The van der Waals surface area contributed by atoms with E-state index in [0.29, 0.717) is 19.3 Å². The third-order valence-corrected chi connectivity index (χ3v) is 10.6. The average molecular weight is 571 g/mol. The third kappa shape index (κ3) is 4.37. The van der Waals surface area contributed by atoms with Gasteiger partial charge in [0.1, 0.15) is 18.0 Å². The summed E-state index contributed by atoms with van der Waals surface area (Å²) in [6.07, 6.45) is 2.00. The highest BCUT2D eigenvalue weighted by atomic mass is 16.6. The highest BCUT2D eigenvalue weighted by molar-refractivity contribution is 5.93. The van der Waals surface area contributed by atoms with Gasteiger partial charge in [0, 0.05) is 34.1 Å². The summed E-state index contributed by atoms with van der Waals surface area (Å²) in [6.45, 7) is 11.5. The van der Waals surface area contributed by atoms with E-state index in [1.54, 1.807) is 18.6 Å². The predicted octanol–water partition coefficient (Wildman–Crippen LogP) is 4.72. The van der Waals surface area contributed by atoms with Gasteiger partial charge in [0.25, 0.3) is 0 Å². The van der Waals surface area contributed by atoms with Crippen LogP contribution in [0.4, 0.5) is 0 Å². The van der Waals surface area contributed by atoms with Gasteiger partial charge in [-0.25, -0.2) is 4.79 Å². The van der Waals surface area contributed by atoms with Gasteiger partial charge in [0.05, 0.1) is 32.0 Å². The lowest BCUT2D eigenvalue weighted by molar-refractivity contribution is -0.213. The maximum atomic E-state index is 14.5. The number of esters is 3. The van der Waals surface area contributed by atoms with E-state index in [-0.39, 0.29) is 36.4 Å². The number of Topliss-reactive ketones (excluding diaryl/α,β-unsaturated/α-hetero) is 1. The Labute approximate surface area is 241 Å². The standard InChI is InChI=1S/C32H42O9/c1-16(2)12-22(33)41-28-19-13-18-20(32(6,26(19)36)25(30(28,3)4)24(35)29(37)38-7)8-10-31(5)21(18)14-23(34)40-27(31)17-9-11-39-15-17/h9,11,15-16,19-20,24-25,27-28,35H,8,10,12-14H2,1-7H3/t19-,20+,24-,25+,27+,28-,31-,32-/m1/s1. The first kappa shape index (κ1) is 29.5. The summed E-state index contributed by atoms with van der Waals surface area (Å²) in [5.41, 5.74) is 0.0874. The Morgan fingerprint density at radius 2 is 1.88 bits per heavy atom. The number of ether oxygens (including phenoxy) is 3. The van der Waals surface area contributed by atoms with Crippen LogP contribution < -0.4 is 0 Å². The summed E-state index contributed by atoms with van der Waals surface area (Å²) in [5, 5.41) is 11.5. The molecule has 41 heavy (non-hydrogen) atoms. The molecule has 2 heterocycles. The molecule has 0 radical (unpaired) electrons. The van der Waals surface area contributed by atoms with E-state index in [1.165, 1.54) is 7.11 Å². The van der Waals surface area contributed by atoms with Crippen LogP contribution in [0.2, 0.25) is 0 Å².